The minimum Gasteiger partial charge on any atom is -0.370 e. The molecule has 0 bridgehead atoms. The van der Waals surface area contributed by atoms with Gasteiger partial charge in [0.2, 0.25) is 0 Å². The molecule has 0 aromatic carbocycles. The van der Waals surface area contributed by atoms with Crippen LogP contribution >= 0.6 is 0 Å². The summed E-state index contributed by atoms with van der Waals surface area (Å²) in [4.78, 5) is 12.3. The van der Waals surface area contributed by atoms with E-state index in [4.69, 9.17) is 4.74 Å². The van der Waals surface area contributed by atoms with Gasteiger partial charge in [0.15, 0.2) is 5.78 Å². The third-order valence-corrected chi connectivity index (χ3v) is 3.60. The van der Waals surface area contributed by atoms with Crippen LogP contribution in [-0.4, -0.2) is 28.3 Å². The van der Waals surface area contributed by atoms with Crippen LogP contribution in [0.5, 0.6) is 0 Å². The van der Waals surface area contributed by atoms with Gasteiger partial charge in [-0.3, -0.25) is 9.48 Å². The van der Waals surface area contributed by atoms with Crippen LogP contribution in [0.3, 0.4) is 0 Å². The quantitative estimate of drug-likeness (QED) is 0.696. The van der Waals surface area contributed by atoms with Crippen LogP contribution in [0.25, 0.3) is 0 Å². The number of hydrogen-bond donors (Lipinski definition) is 0. The van der Waals surface area contributed by atoms with E-state index in [1.54, 1.807) is 0 Å². The monoisotopic (exact) mass is 280 g/mol. The highest BCUT2D eigenvalue weighted by Crippen LogP contribution is 2.16. The van der Waals surface area contributed by atoms with E-state index >= 15 is 0 Å². The first kappa shape index (κ1) is 16.9. The standard InChI is InChI=1S/C16H28N2O2/c1-6-14(7-2)18-10-9-13(17-18)11-15(19)16(12(4)5)20-8-3/h9-10,12,14,16H,6-8,11H2,1-5H3. The lowest BCUT2D eigenvalue weighted by Gasteiger charge is -2.19. The van der Waals surface area contributed by atoms with Gasteiger partial charge in [-0.25, -0.2) is 0 Å². The SMILES string of the molecule is CCOC(C(=O)Cc1ccn(C(CC)CC)n1)C(C)C. The molecule has 0 amide bonds. The van der Waals surface area contributed by atoms with Gasteiger partial charge < -0.3 is 4.74 Å². The molecule has 0 aliphatic rings. The summed E-state index contributed by atoms with van der Waals surface area (Å²) in [6.07, 6.45) is 4.12. The third-order valence-electron chi connectivity index (χ3n) is 3.60. The Hall–Kier alpha value is -1.16. The molecule has 1 unspecified atom stereocenters. The summed E-state index contributed by atoms with van der Waals surface area (Å²) in [6.45, 7) is 10.8. The number of ketones is 1. The lowest BCUT2D eigenvalue weighted by atomic mass is 10.00. The minimum atomic E-state index is -0.321. The van der Waals surface area contributed by atoms with Crippen LogP contribution in [0.1, 0.15) is 59.2 Å². The summed E-state index contributed by atoms with van der Waals surface area (Å²) in [5, 5.41) is 4.53. The van der Waals surface area contributed by atoms with Crippen LogP contribution in [0.15, 0.2) is 12.3 Å². The summed E-state index contributed by atoms with van der Waals surface area (Å²) in [5.74, 6) is 0.320. The normalized spacial score (nSPS) is 13.2. The Kier molecular flexibility index (Phi) is 6.93. The number of nitrogens with zero attached hydrogens (tertiary/aromatic N) is 2. The maximum absolute atomic E-state index is 12.3. The molecule has 0 fully saturated rings. The van der Waals surface area contributed by atoms with Crippen molar-refractivity contribution in [2.45, 2.75) is 66.0 Å². The van der Waals surface area contributed by atoms with Gasteiger partial charge in [-0.15, -0.1) is 0 Å². The molecule has 0 spiro atoms. The van der Waals surface area contributed by atoms with E-state index in [1.165, 1.54) is 0 Å². The number of aromatic nitrogens is 2. The maximum Gasteiger partial charge on any atom is 0.167 e. The van der Waals surface area contributed by atoms with Crippen LogP contribution < -0.4 is 0 Å². The summed E-state index contributed by atoms with van der Waals surface area (Å²) in [5.41, 5.74) is 0.840. The number of carbonyl (C=O) groups excluding carboxylic acids is 1. The van der Waals surface area contributed by atoms with Crippen molar-refractivity contribution in [1.82, 2.24) is 9.78 Å². The summed E-state index contributed by atoms with van der Waals surface area (Å²) < 4.78 is 7.53. The molecule has 1 aromatic heterocycles. The zero-order valence-electron chi connectivity index (χ0n) is 13.4. The van der Waals surface area contributed by atoms with Gasteiger partial charge in [0, 0.05) is 12.8 Å². The fourth-order valence-corrected chi connectivity index (χ4v) is 2.45. The van der Waals surface area contributed by atoms with Crippen LogP contribution in [0.4, 0.5) is 0 Å². The number of Topliss-reactive ketones (excluding diaryl/α,β-unsaturated/α-hetero) is 1. The second-order valence-electron chi connectivity index (χ2n) is 5.52. The smallest absolute Gasteiger partial charge is 0.167 e. The predicted molar refractivity (Wildman–Crippen MR) is 80.8 cm³/mol. The largest absolute Gasteiger partial charge is 0.370 e. The van der Waals surface area contributed by atoms with Crippen molar-refractivity contribution in [3.63, 3.8) is 0 Å². The Morgan fingerprint density at radius 3 is 2.45 bits per heavy atom. The molecular formula is C16H28N2O2. The molecule has 1 atom stereocenters. The van der Waals surface area contributed by atoms with E-state index in [0.29, 0.717) is 19.1 Å². The van der Waals surface area contributed by atoms with Crippen molar-refractivity contribution in [2.24, 2.45) is 5.92 Å². The van der Waals surface area contributed by atoms with Crippen LogP contribution in [0.2, 0.25) is 0 Å². The van der Waals surface area contributed by atoms with E-state index in [9.17, 15) is 4.79 Å². The first-order chi connectivity index (χ1) is 9.53. The number of carbonyl (C=O) groups is 1. The molecule has 20 heavy (non-hydrogen) atoms. The van der Waals surface area contributed by atoms with Gasteiger partial charge in [-0.05, 0) is 31.7 Å². The fraction of sp³-hybridized carbons (Fsp3) is 0.750. The van der Waals surface area contributed by atoms with Gasteiger partial charge in [-0.1, -0.05) is 27.7 Å². The number of hydrogen-bond acceptors (Lipinski definition) is 3. The first-order valence-electron chi connectivity index (χ1n) is 7.71. The van der Waals surface area contributed by atoms with Crippen molar-refractivity contribution in [2.75, 3.05) is 6.61 Å². The predicted octanol–water partition coefficient (Wildman–Crippen LogP) is 3.42. The highest BCUT2D eigenvalue weighted by Gasteiger charge is 2.23. The Balaban J connectivity index is 2.70. The summed E-state index contributed by atoms with van der Waals surface area (Å²) >= 11 is 0. The average molecular weight is 280 g/mol. The van der Waals surface area contributed by atoms with Gasteiger partial charge in [0.25, 0.3) is 0 Å². The van der Waals surface area contributed by atoms with Gasteiger partial charge in [0.05, 0.1) is 18.2 Å². The van der Waals surface area contributed by atoms with Gasteiger partial charge in [0.1, 0.15) is 6.10 Å². The minimum absolute atomic E-state index is 0.122. The molecule has 0 radical (unpaired) electrons. The van der Waals surface area contributed by atoms with Crippen molar-refractivity contribution >= 4 is 5.78 Å². The molecule has 0 aliphatic heterocycles. The van der Waals surface area contributed by atoms with E-state index < -0.39 is 0 Å². The van der Waals surface area contributed by atoms with E-state index in [2.05, 4.69) is 18.9 Å². The molecule has 114 valence electrons. The third kappa shape index (κ3) is 4.44. The van der Waals surface area contributed by atoms with Crippen molar-refractivity contribution in [1.29, 1.82) is 0 Å². The van der Waals surface area contributed by atoms with Crippen molar-refractivity contribution in [3.05, 3.63) is 18.0 Å². The molecule has 4 heteroatoms. The molecule has 4 nitrogen and oxygen atoms in total. The van der Waals surface area contributed by atoms with Crippen molar-refractivity contribution in [3.8, 4) is 0 Å². The van der Waals surface area contributed by atoms with Gasteiger partial charge in [-0.2, -0.15) is 5.10 Å². The highest BCUT2D eigenvalue weighted by molar-refractivity contribution is 5.85. The lowest BCUT2D eigenvalue weighted by molar-refractivity contribution is -0.132. The average Bonchev–Trinajstić information content (AvgIpc) is 2.85. The Labute approximate surface area is 122 Å². The maximum atomic E-state index is 12.3. The molecule has 0 saturated heterocycles. The summed E-state index contributed by atoms with van der Waals surface area (Å²) in [6, 6.07) is 2.37. The second kappa shape index (κ2) is 8.20. The zero-order chi connectivity index (χ0) is 15.1. The molecule has 0 aliphatic carbocycles. The Morgan fingerprint density at radius 2 is 1.95 bits per heavy atom. The van der Waals surface area contributed by atoms with Gasteiger partial charge >= 0.3 is 0 Å². The Morgan fingerprint density at radius 1 is 1.30 bits per heavy atom. The molecule has 1 aromatic rings. The molecule has 0 N–H and O–H groups in total. The Bertz CT molecular complexity index is 408. The first-order valence-corrected chi connectivity index (χ1v) is 7.71. The van der Waals surface area contributed by atoms with E-state index in [-0.39, 0.29) is 17.8 Å². The van der Waals surface area contributed by atoms with Crippen molar-refractivity contribution < 1.29 is 9.53 Å². The molecule has 0 saturated carbocycles. The molecule has 1 rings (SSSR count). The number of ether oxygens (including phenoxy) is 1. The second-order valence-corrected chi connectivity index (χ2v) is 5.52. The van der Waals surface area contributed by atoms with Crippen LogP contribution in [-0.2, 0) is 16.0 Å². The lowest BCUT2D eigenvalue weighted by Crippen LogP contribution is -2.31. The summed E-state index contributed by atoms with van der Waals surface area (Å²) in [7, 11) is 0. The van der Waals surface area contributed by atoms with Crippen LogP contribution in [0, 0.1) is 5.92 Å². The zero-order valence-corrected chi connectivity index (χ0v) is 13.4. The molecule has 1 heterocycles. The topological polar surface area (TPSA) is 44.1 Å². The fourth-order valence-electron chi connectivity index (χ4n) is 2.45. The van der Waals surface area contributed by atoms with E-state index in [1.807, 2.05) is 37.7 Å². The highest BCUT2D eigenvalue weighted by atomic mass is 16.5. The molecular weight excluding hydrogens is 252 g/mol. The van der Waals surface area contributed by atoms with E-state index in [0.717, 1.165) is 18.5 Å². The number of rotatable bonds is 9.